The molecule has 1 aliphatic carbocycles. The maximum Gasteiger partial charge on any atom is 0.416 e. The Hall–Kier alpha value is -3.14. The number of rotatable bonds is 8. The van der Waals surface area contributed by atoms with Gasteiger partial charge in [-0.15, -0.1) is 0 Å². The third-order valence-electron chi connectivity index (χ3n) is 6.47. The average Bonchev–Trinajstić information content (AvgIpc) is 3.46. The number of hydrogen-bond donors (Lipinski definition) is 0. The minimum Gasteiger partial charge on any atom is -0.467 e. The summed E-state index contributed by atoms with van der Waals surface area (Å²) < 4.78 is 52.8. The maximum atomic E-state index is 13.4. The number of aromatic nitrogens is 3. The van der Waals surface area contributed by atoms with Crippen LogP contribution in [0.4, 0.5) is 13.2 Å². The molecule has 1 aliphatic heterocycles. The van der Waals surface area contributed by atoms with Gasteiger partial charge in [-0.25, -0.2) is 4.98 Å². The molecule has 7 nitrogen and oxygen atoms in total. The van der Waals surface area contributed by atoms with E-state index in [2.05, 4.69) is 10.1 Å². The van der Waals surface area contributed by atoms with Gasteiger partial charge in [0.05, 0.1) is 11.3 Å². The summed E-state index contributed by atoms with van der Waals surface area (Å²) in [6.07, 6.45) is 0.103. The second-order valence-electron chi connectivity index (χ2n) is 9.23. The smallest absolute Gasteiger partial charge is 0.416 e. The molecule has 1 saturated carbocycles. The molecule has 0 bridgehead atoms. The van der Waals surface area contributed by atoms with Crippen molar-refractivity contribution in [1.82, 2.24) is 19.7 Å². The molecule has 2 fully saturated rings. The van der Waals surface area contributed by atoms with Crippen molar-refractivity contribution in [3.8, 4) is 17.0 Å². The van der Waals surface area contributed by atoms with E-state index in [1.807, 2.05) is 21.8 Å². The summed E-state index contributed by atoms with van der Waals surface area (Å²) in [5, 5.41) is 5.41. The van der Waals surface area contributed by atoms with Gasteiger partial charge >= 0.3 is 6.18 Å². The fourth-order valence-corrected chi connectivity index (χ4v) is 4.67. The van der Waals surface area contributed by atoms with Crippen LogP contribution in [-0.4, -0.2) is 51.6 Å². The Balaban J connectivity index is 1.43. The van der Waals surface area contributed by atoms with Crippen LogP contribution in [-0.2, 0) is 22.3 Å². The normalized spacial score (nSPS) is 18.6. The van der Waals surface area contributed by atoms with Crippen LogP contribution in [0.1, 0.15) is 37.3 Å². The van der Waals surface area contributed by atoms with Crippen molar-refractivity contribution in [2.24, 2.45) is 5.92 Å². The quantitative estimate of drug-likeness (QED) is 0.336. The molecule has 1 amide bonds. The Labute approximate surface area is 200 Å². The molecular formula is C25H27F3N4O3. The van der Waals surface area contributed by atoms with Crippen LogP contribution in [0.15, 0.2) is 30.5 Å². The van der Waals surface area contributed by atoms with Crippen LogP contribution in [0.5, 0.6) is 5.75 Å². The summed E-state index contributed by atoms with van der Waals surface area (Å²) in [5.74, 6) is 0.473. The number of carbonyl (C=O) groups excluding carboxylic acids is 1. The Bertz CT molecular complexity index is 1250. The number of benzene rings is 1. The van der Waals surface area contributed by atoms with Gasteiger partial charge in [0, 0.05) is 55.2 Å². The first-order chi connectivity index (χ1) is 16.7. The largest absolute Gasteiger partial charge is 0.467 e. The predicted molar refractivity (Wildman–Crippen MR) is 123 cm³/mol. The first-order valence-corrected chi connectivity index (χ1v) is 11.8. The molecule has 0 radical (unpaired) electrons. The van der Waals surface area contributed by atoms with Crippen molar-refractivity contribution in [2.75, 3.05) is 19.9 Å². The first kappa shape index (κ1) is 23.6. The van der Waals surface area contributed by atoms with E-state index in [-0.39, 0.29) is 24.4 Å². The summed E-state index contributed by atoms with van der Waals surface area (Å²) in [7, 11) is 0. The molecule has 2 aromatic heterocycles. The topological polar surface area (TPSA) is 69.5 Å². The third kappa shape index (κ3) is 4.98. The van der Waals surface area contributed by atoms with Gasteiger partial charge in [0.25, 0.3) is 0 Å². The third-order valence-corrected chi connectivity index (χ3v) is 6.47. The molecule has 1 saturated heterocycles. The van der Waals surface area contributed by atoms with Crippen molar-refractivity contribution in [3.05, 3.63) is 41.6 Å². The number of pyridine rings is 1. The Morgan fingerprint density at radius 3 is 2.71 bits per heavy atom. The fourth-order valence-electron chi connectivity index (χ4n) is 4.67. The molecule has 1 aromatic carbocycles. The fraction of sp³-hybridized carbons (Fsp3) is 0.480. The Kier molecular flexibility index (Phi) is 6.16. The van der Waals surface area contributed by atoms with Crippen LogP contribution < -0.4 is 4.74 Å². The van der Waals surface area contributed by atoms with Crippen molar-refractivity contribution in [3.63, 3.8) is 0 Å². The van der Waals surface area contributed by atoms with E-state index >= 15 is 0 Å². The van der Waals surface area contributed by atoms with Crippen LogP contribution in [0.3, 0.4) is 0 Å². The molecule has 1 atom stereocenters. The van der Waals surface area contributed by atoms with E-state index < -0.39 is 11.7 Å². The number of halogens is 3. The summed E-state index contributed by atoms with van der Waals surface area (Å²) in [5.41, 5.74) is 1.03. The number of amides is 1. The molecule has 2 aliphatic rings. The molecule has 35 heavy (non-hydrogen) atoms. The van der Waals surface area contributed by atoms with Crippen LogP contribution in [0.25, 0.3) is 22.3 Å². The standard InChI is InChI=1S/C25H27F3N4O3/c1-3-34-14-35-21-10-18(25(26,27)28)8-15(2)23(21)20-7-4-17-13-31(30-24(17)29-20)11-16-9-22(33)32(12-16)19-5-6-19/h4,7-8,10,13,16,19H,3,5-6,9,11-12,14H2,1-2H3/t16-/m0/s1. The lowest BCUT2D eigenvalue weighted by Gasteiger charge is -2.17. The van der Waals surface area contributed by atoms with Gasteiger partial charge in [-0.3, -0.25) is 9.48 Å². The highest BCUT2D eigenvalue weighted by atomic mass is 19.4. The van der Waals surface area contributed by atoms with Crippen LogP contribution in [0.2, 0.25) is 0 Å². The van der Waals surface area contributed by atoms with E-state index in [1.54, 1.807) is 19.9 Å². The lowest BCUT2D eigenvalue weighted by Crippen LogP contribution is -2.27. The van der Waals surface area contributed by atoms with Crippen LogP contribution >= 0.6 is 0 Å². The predicted octanol–water partition coefficient (Wildman–Crippen LogP) is 4.81. The van der Waals surface area contributed by atoms with Crippen molar-refractivity contribution < 1.29 is 27.4 Å². The van der Waals surface area contributed by atoms with Gasteiger partial charge in [0.1, 0.15) is 5.75 Å². The summed E-state index contributed by atoms with van der Waals surface area (Å²) in [6.45, 7) is 4.95. The van der Waals surface area contributed by atoms with E-state index in [0.29, 0.717) is 48.1 Å². The number of likely N-dealkylation sites (tertiary alicyclic amines) is 1. The highest BCUT2D eigenvalue weighted by Crippen LogP contribution is 2.39. The van der Waals surface area contributed by atoms with E-state index in [1.165, 1.54) is 0 Å². The van der Waals surface area contributed by atoms with Gasteiger partial charge < -0.3 is 14.4 Å². The number of ether oxygens (including phenoxy) is 2. The number of carbonyl (C=O) groups is 1. The molecular weight excluding hydrogens is 461 g/mol. The van der Waals surface area contributed by atoms with E-state index in [4.69, 9.17) is 9.47 Å². The monoisotopic (exact) mass is 488 g/mol. The number of aryl methyl sites for hydroxylation is 1. The molecule has 0 N–H and O–H groups in total. The molecule has 0 unspecified atom stereocenters. The molecule has 186 valence electrons. The Morgan fingerprint density at radius 1 is 1.20 bits per heavy atom. The number of alkyl halides is 3. The SMILES string of the molecule is CCOCOc1cc(C(F)(F)F)cc(C)c1-c1ccc2cn(C[C@@H]3CC(=O)N(C4CC4)C3)nc2n1. The molecule has 5 rings (SSSR count). The summed E-state index contributed by atoms with van der Waals surface area (Å²) >= 11 is 0. The van der Waals surface area contributed by atoms with Gasteiger partial charge in [-0.1, -0.05) is 0 Å². The van der Waals surface area contributed by atoms with Crippen molar-refractivity contribution in [1.29, 1.82) is 0 Å². The minimum absolute atomic E-state index is 0.0571. The minimum atomic E-state index is -4.50. The van der Waals surface area contributed by atoms with E-state index in [9.17, 15) is 18.0 Å². The second-order valence-corrected chi connectivity index (χ2v) is 9.23. The molecule has 3 heterocycles. The van der Waals surface area contributed by atoms with Gasteiger partial charge in [0.2, 0.25) is 5.91 Å². The van der Waals surface area contributed by atoms with Gasteiger partial charge in [-0.05, 0) is 56.5 Å². The number of nitrogens with zero attached hydrogens (tertiary/aromatic N) is 4. The van der Waals surface area contributed by atoms with Crippen molar-refractivity contribution >= 4 is 16.9 Å². The molecule has 10 heteroatoms. The van der Waals surface area contributed by atoms with Gasteiger partial charge in [-0.2, -0.15) is 18.3 Å². The summed E-state index contributed by atoms with van der Waals surface area (Å²) in [4.78, 5) is 18.9. The van der Waals surface area contributed by atoms with Gasteiger partial charge in [0.15, 0.2) is 12.4 Å². The van der Waals surface area contributed by atoms with E-state index in [0.717, 1.165) is 36.9 Å². The molecule has 0 spiro atoms. The van der Waals surface area contributed by atoms with Crippen molar-refractivity contribution in [2.45, 2.75) is 51.9 Å². The summed E-state index contributed by atoms with van der Waals surface area (Å²) in [6, 6.07) is 6.09. The zero-order valence-electron chi connectivity index (χ0n) is 19.6. The lowest BCUT2D eigenvalue weighted by atomic mass is 10.00. The highest BCUT2D eigenvalue weighted by Gasteiger charge is 2.39. The highest BCUT2D eigenvalue weighted by molar-refractivity contribution is 5.81. The molecule has 3 aromatic rings. The van der Waals surface area contributed by atoms with Crippen LogP contribution in [0, 0.1) is 12.8 Å². The Morgan fingerprint density at radius 2 is 2.00 bits per heavy atom. The number of hydrogen-bond acceptors (Lipinski definition) is 5. The lowest BCUT2D eigenvalue weighted by molar-refractivity contribution is -0.137. The zero-order chi connectivity index (χ0) is 24.7. The zero-order valence-corrected chi connectivity index (χ0v) is 19.6. The average molecular weight is 489 g/mol. The second kappa shape index (κ2) is 9.14. The first-order valence-electron chi connectivity index (χ1n) is 11.8. The maximum absolute atomic E-state index is 13.4. The number of fused-ring (bicyclic) bond motifs is 1.